The van der Waals surface area contributed by atoms with Gasteiger partial charge in [0.25, 0.3) is 0 Å². The number of ether oxygens (including phenoxy) is 1. The van der Waals surface area contributed by atoms with Crippen molar-refractivity contribution in [1.82, 2.24) is 0 Å². The van der Waals surface area contributed by atoms with E-state index in [9.17, 15) is 9.90 Å². The number of methoxy groups -OCH3 is 1. The van der Waals surface area contributed by atoms with Gasteiger partial charge >= 0.3 is 5.97 Å². The highest BCUT2D eigenvalue weighted by Gasteiger charge is 2.20. The molecule has 5 nitrogen and oxygen atoms in total. The van der Waals surface area contributed by atoms with Gasteiger partial charge in [-0.05, 0) is 18.2 Å². The minimum atomic E-state index is -1.64. The lowest BCUT2D eigenvalue weighted by atomic mass is 10.2. The summed E-state index contributed by atoms with van der Waals surface area (Å²) in [4.78, 5) is 10.6. The first kappa shape index (κ1) is 10.5. The Morgan fingerprint density at radius 1 is 1.44 bits per heavy atom. The maximum Gasteiger partial charge on any atom is 0.340 e. The van der Waals surface area contributed by atoms with Gasteiger partial charge in [-0.3, -0.25) is 0 Å². The molecule has 1 atom stereocenters. The second-order valence-electron chi connectivity index (χ2n) is 3.29. The molecule has 0 spiro atoms. The van der Waals surface area contributed by atoms with Crippen LogP contribution in [0.2, 0.25) is 0 Å². The Balaban J connectivity index is 2.47. The topological polar surface area (TPSA) is 79.9 Å². The Labute approximate surface area is 90.9 Å². The number of carboxylic acids is 1. The molecule has 16 heavy (non-hydrogen) atoms. The van der Waals surface area contributed by atoms with Crippen LogP contribution in [-0.2, 0) is 4.79 Å². The van der Waals surface area contributed by atoms with E-state index < -0.39 is 12.1 Å². The van der Waals surface area contributed by atoms with Crippen molar-refractivity contribution in [2.45, 2.75) is 6.10 Å². The van der Waals surface area contributed by atoms with E-state index >= 15 is 0 Å². The molecule has 0 saturated carbocycles. The fourth-order valence-electron chi connectivity index (χ4n) is 1.42. The molecule has 1 unspecified atom stereocenters. The predicted octanol–water partition coefficient (Wildman–Crippen LogP) is 1.56. The summed E-state index contributed by atoms with van der Waals surface area (Å²) >= 11 is 0. The molecule has 0 amide bonds. The number of aliphatic carboxylic acids is 1. The van der Waals surface area contributed by atoms with Gasteiger partial charge < -0.3 is 19.4 Å². The highest BCUT2D eigenvalue weighted by molar-refractivity contribution is 5.82. The van der Waals surface area contributed by atoms with Crippen LogP contribution in [0.15, 0.2) is 28.7 Å². The minimum absolute atomic E-state index is 0.00996. The van der Waals surface area contributed by atoms with E-state index in [4.69, 9.17) is 14.3 Å². The van der Waals surface area contributed by atoms with E-state index in [1.807, 2.05) is 0 Å². The Bertz CT molecular complexity index is 528. The monoisotopic (exact) mass is 222 g/mol. The lowest BCUT2D eigenvalue weighted by Gasteiger charge is -1.99. The van der Waals surface area contributed by atoms with Crippen LogP contribution in [0.3, 0.4) is 0 Å². The Kier molecular flexibility index (Phi) is 2.54. The Morgan fingerprint density at radius 3 is 2.81 bits per heavy atom. The number of fused-ring (bicyclic) bond motifs is 1. The van der Waals surface area contributed by atoms with E-state index in [0.717, 1.165) is 5.39 Å². The molecule has 0 bridgehead atoms. The average molecular weight is 222 g/mol. The summed E-state index contributed by atoms with van der Waals surface area (Å²) < 4.78 is 10.2. The molecule has 0 fully saturated rings. The van der Waals surface area contributed by atoms with Crippen LogP contribution in [0, 0.1) is 0 Å². The van der Waals surface area contributed by atoms with Gasteiger partial charge in [-0.25, -0.2) is 4.79 Å². The molecule has 0 radical (unpaired) electrons. The highest BCUT2D eigenvalue weighted by atomic mass is 16.5. The van der Waals surface area contributed by atoms with Gasteiger partial charge in [0.05, 0.1) is 7.11 Å². The van der Waals surface area contributed by atoms with Crippen LogP contribution < -0.4 is 4.74 Å². The number of aliphatic hydroxyl groups is 1. The fourth-order valence-corrected chi connectivity index (χ4v) is 1.42. The third kappa shape index (κ3) is 1.72. The van der Waals surface area contributed by atoms with Crippen LogP contribution >= 0.6 is 0 Å². The summed E-state index contributed by atoms with van der Waals surface area (Å²) in [5.74, 6) is -0.722. The van der Waals surface area contributed by atoms with Crippen molar-refractivity contribution >= 4 is 16.9 Å². The van der Waals surface area contributed by atoms with E-state index in [1.54, 1.807) is 18.2 Å². The summed E-state index contributed by atoms with van der Waals surface area (Å²) in [6.45, 7) is 0. The van der Waals surface area contributed by atoms with Crippen molar-refractivity contribution in [2.24, 2.45) is 0 Å². The van der Waals surface area contributed by atoms with Crippen LogP contribution in [0.1, 0.15) is 11.9 Å². The smallest absolute Gasteiger partial charge is 0.340 e. The zero-order chi connectivity index (χ0) is 11.7. The van der Waals surface area contributed by atoms with E-state index in [2.05, 4.69) is 0 Å². The van der Waals surface area contributed by atoms with Gasteiger partial charge in [-0.1, -0.05) is 0 Å². The van der Waals surface area contributed by atoms with E-state index in [-0.39, 0.29) is 5.76 Å². The second kappa shape index (κ2) is 3.86. The first-order chi connectivity index (χ1) is 7.61. The zero-order valence-electron chi connectivity index (χ0n) is 8.51. The maximum atomic E-state index is 10.6. The van der Waals surface area contributed by atoms with Crippen molar-refractivity contribution < 1.29 is 24.2 Å². The largest absolute Gasteiger partial charge is 0.497 e. The van der Waals surface area contributed by atoms with Crippen molar-refractivity contribution in [1.29, 1.82) is 0 Å². The molecule has 1 heterocycles. The van der Waals surface area contributed by atoms with Crippen molar-refractivity contribution in [2.75, 3.05) is 7.11 Å². The number of hydrogen-bond donors (Lipinski definition) is 2. The third-order valence-corrected chi connectivity index (χ3v) is 2.25. The molecule has 2 aromatic rings. The average Bonchev–Trinajstić information content (AvgIpc) is 2.69. The molecule has 84 valence electrons. The fraction of sp³-hybridized carbons (Fsp3) is 0.182. The molecule has 0 aliphatic rings. The van der Waals surface area contributed by atoms with Gasteiger partial charge in [-0.2, -0.15) is 0 Å². The first-order valence-electron chi connectivity index (χ1n) is 4.60. The lowest BCUT2D eigenvalue weighted by molar-refractivity contribution is -0.147. The highest BCUT2D eigenvalue weighted by Crippen LogP contribution is 2.27. The van der Waals surface area contributed by atoms with Crippen LogP contribution in [0.5, 0.6) is 5.75 Å². The van der Waals surface area contributed by atoms with E-state index in [1.165, 1.54) is 13.2 Å². The van der Waals surface area contributed by atoms with Crippen LogP contribution in [-0.4, -0.2) is 23.3 Å². The molecule has 0 saturated heterocycles. The molecular formula is C11H10O5. The molecule has 5 heteroatoms. The predicted molar refractivity (Wildman–Crippen MR) is 55.4 cm³/mol. The number of benzene rings is 1. The molecule has 1 aromatic carbocycles. The van der Waals surface area contributed by atoms with Crippen molar-refractivity contribution in [3.05, 3.63) is 30.0 Å². The minimum Gasteiger partial charge on any atom is -0.497 e. The second-order valence-corrected chi connectivity index (χ2v) is 3.29. The molecule has 2 N–H and O–H groups in total. The number of furan rings is 1. The first-order valence-corrected chi connectivity index (χ1v) is 4.60. The Morgan fingerprint density at radius 2 is 2.19 bits per heavy atom. The molecule has 0 aliphatic heterocycles. The molecular weight excluding hydrogens is 212 g/mol. The summed E-state index contributed by atoms with van der Waals surface area (Å²) in [5.41, 5.74) is 0.481. The Hall–Kier alpha value is -2.01. The van der Waals surface area contributed by atoms with Crippen LogP contribution in [0.25, 0.3) is 11.0 Å². The van der Waals surface area contributed by atoms with Gasteiger partial charge in [0.1, 0.15) is 17.1 Å². The molecule has 2 rings (SSSR count). The molecule has 1 aromatic heterocycles. The zero-order valence-corrected chi connectivity index (χ0v) is 8.51. The number of carbonyl (C=O) groups is 1. The van der Waals surface area contributed by atoms with Gasteiger partial charge in [-0.15, -0.1) is 0 Å². The number of carboxylic acid groups (broad SMARTS) is 1. The summed E-state index contributed by atoms with van der Waals surface area (Å²) in [7, 11) is 1.52. The number of rotatable bonds is 3. The third-order valence-electron chi connectivity index (χ3n) is 2.25. The SMILES string of the molecule is COc1ccc2cc(C(O)C(=O)O)oc2c1. The maximum absolute atomic E-state index is 10.6. The van der Waals surface area contributed by atoms with Crippen molar-refractivity contribution in [3.63, 3.8) is 0 Å². The molecule has 0 aliphatic carbocycles. The lowest BCUT2D eigenvalue weighted by Crippen LogP contribution is -2.09. The summed E-state index contributed by atoms with van der Waals surface area (Å²) in [6, 6.07) is 6.59. The standard InChI is InChI=1S/C11H10O5/c1-15-7-3-2-6-4-9(10(12)11(13)14)16-8(6)5-7/h2-5,10,12H,1H3,(H,13,14). The van der Waals surface area contributed by atoms with Gasteiger partial charge in [0.15, 0.2) is 0 Å². The number of aliphatic hydroxyl groups excluding tert-OH is 1. The van der Waals surface area contributed by atoms with Gasteiger partial charge in [0, 0.05) is 11.5 Å². The van der Waals surface area contributed by atoms with Crippen LogP contribution in [0.4, 0.5) is 0 Å². The van der Waals surface area contributed by atoms with Gasteiger partial charge in [0.2, 0.25) is 6.10 Å². The quantitative estimate of drug-likeness (QED) is 0.823. The summed E-state index contributed by atoms with van der Waals surface area (Å²) in [6.07, 6.45) is -1.64. The van der Waals surface area contributed by atoms with E-state index in [0.29, 0.717) is 11.3 Å². The van der Waals surface area contributed by atoms with Crippen molar-refractivity contribution in [3.8, 4) is 5.75 Å². The number of hydrogen-bond acceptors (Lipinski definition) is 4. The summed E-state index contributed by atoms with van der Waals surface area (Å²) in [5, 5.41) is 18.6. The normalized spacial score (nSPS) is 12.6.